The van der Waals surface area contributed by atoms with Crippen molar-refractivity contribution in [3.8, 4) is 0 Å². The van der Waals surface area contributed by atoms with E-state index in [1.54, 1.807) is 0 Å². The Balaban J connectivity index is 2.77. The predicted molar refractivity (Wildman–Crippen MR) is 97.4 cm³/mol. The molecule has 14 heteroatoms. The molecule has 0 aromatic heterocycles. The minimum atomic E-state index is -1.42. The topological polar surface area (TPSA) is 228 Å². The van der Waals surface area contributed by atoms with Crippen LogP contribution in [0.5, 0.6) is 0 Å². The summed E-state index contributed by atoms with van der Waals surface area (Å²) in [6.07, 6.45) is -5.67. The first-order chi connectivity index (χ1) is 14.3. The van der Waals surface area contributed by atoms with Crippen LogP contribution in [0.15, 0.2) is 0 Å². The fourth-order valence-electron chi connectivity index (χ4n) is 2.42. The van der Waals surface area contributed by atoms with Crippen LogP contribution in [0.25, 0.3) is 0 Å². The van der Waals surface area contributed by atoms with Crippen LogP contribution in [0.2, 0.25) is 0 Å². The first kappa shape index (κ1) is 25.7. The SMILES string of the molecule is NC(=O)C1OCCOCCOC(C(N)=O)C(C(N)=O)OCCOCCOC1C(N)=O. The van der Waals surface area contributed by atoms with Crippen LogP contribution >= 0.6 is 0 Å². The highest BCUT2D eigenvalue weighted by Gasteiger charge is 2.34. The van der Waals surface area contributed by atoms with E-state index in [1.807, 2.05) is 0 Å². The van der Waals surface area contributed by atoms with Gasteiger partial charge in [-0.05, 0) is 0 Å². The standard InChI is InChI=1S/C16H28N4O10/c17-13(21)9-10(14(18)22)29-7-3-26-4-8-30-12(16(20)24)11(15(19)23)28-6-2-25-1-5-27-9/h9-12H,1-8H2,(H2,17,21)(H2,18,22)(H2,19,23)(H2,20,24). The molecule has 0 spiro atoms. The summed E-state index contributed by atoms with van der Waals surface area (Å²) in [7, 11) is 0. The lowest BCUT2D eigenvalue weighted by Crippen LogP contribution is -2.50. The van der Waals surface area contributed by atoms with E-state index in [0.29, 0.717) is 0 Å². The number of primary amides is 4. The number of amides is 4. The van der Waals surface area contributed by atoms with Crippen molar-refractivity contribution in [2.75, 3.05) is 52.9 Å². The minimum Gasteiger partial charge on any atom is -0.377 e. The molecule has 1 saturated heterocycles. The van der Waals surface area contributed by atoms with Gasteiger partial charge in [0.25, 0.3) is 0 Å². The van der Waals surface area contributed by atoms with Gasteiger partial charge in [-0.25, -0.2) is 0 Å². The summed E-state index contributed by atoms with van der Waals surface area (Å²) in [4.78, 5) is 46.4. The second kappa shape index (κ2) is 13.8. The zero-order valence-electron chi connectivity index (χ0n) is 16.4. The first-order valence-corrected chi connectivity index (χ1v) is 9.04. The average Bonchev–Trinajstić information content (AvgIpc) is 2.66. The Morgan fingerprint density at radius 1 is 0.433 bits per heavy atom. The molecule has 0 bridgehead atoms. The molecule has 1 heterocycles. The highest BCUT2D eigenvalue weighted by molar-refractivity contribution is 5.90. The molecule has 4 amide bonds. The minimum absolute atomic E-state index is 0.0152. The Kier molecular flexibility index (Phi) is 11.8. The molecule has 0 saturated carbocycles. The van der Waals surface area contributed by atoms with Gasteiger partial charge in [-0.1, -0.05) is 0 Å². The highest BCUT2D eigenvalue weighted by atomic mass is 16.6. The number of carbonyl (C=O) groups excluding carboxylic acids is 4. The highest BCUT2D eigenvalue weighted by Crippen LogP contribution is 2.07. The molecule has 1 rings (SSSR count). The molecule has 1 aliphatic heterocycles. The molecular formula is C16H28N4O10. The second-order valence-corrected chi connectivity index (χ2v) is 6.00. The zero-order chi connectivity index (χ0) is 22.5. The van der Waals surface area contributed by atoms with E-state index >= 15 is 0 Å². The van der Waals surface area contributed by atoms with Gasteiger partial charge in [-0.3, -0.25) is 19.2 Å². The quantitative estimate of drug-likeness (QED) is 0.330. The van der Waals surface area contributed by atoms with E-state index in [1.165, 1.54) is 0 Å². The molecule has 0 aliphatic carbocycles. The van der Waals surface area contributed by atoms with E-state index < -0.39 is 48.0 Å². The summed E-state index contributed by atoms with van der Waals surface area (Å²) >= 11 is 0. The van der Waals surface area contributed by atoms with Crippen LogP contribution in [0.3, 0.4) is 0 Å². The van der Waals surface area contributed by atoms with Gasteiger partial charge in [-0.15, -0.1) is 0 Å². The smallest absolute Gasteiger partial charge is 0.249 e. The summed E-state index contributed by atoms with van der Waals surface area (Å²) < 4.78 is 31.6. The van der Waals surface area contributed by atoms with E-state index in [2.05, 4.69) is 0 Å². The van der Waals surface area contributed by atoms with Crippen molar-refractivity contribution in [2.24, 2.45) is 22.9 Å². The second-order valence-electron chi connectivity index (χ2n) is 6.00. The Bertz CT molecular complexity index is 492. The molecule has 4 atom stereocenters. The van der Waals surface area contributed by atoms with Crippen LogP contribution in [0.1, 0.15) is 0 Å². The summed E-state index contributed by atoms with van der Waals surface area (Å²) in [6, 6.07) is 0. The average molecular weight is 436 g/mol. The van der Waals surface area contributed by atoms with E-state index in [-0.39, 0.29) is 52.9 Å². The number of rotatable bonds is 4. The molecule has 4 unspecified atom stereocenters. The van der Waals surface area contributed by atoms with E-state index in [9.17, 15) is 19.2 Å². The summed E-state index contributed by atoms with van der Waals surface area (Å²) in [5.41, 5.74) is 21.0. The van der Waals surface area contributed by atoms with Crippen LogP contribution in [-0.4, -0.2) is 101 Å². The van der Waals surface area contributed by atoms with Crippen molar-refractivity contribution in [3.63, 3.8) is 0 Å². The molecule has 172 valence electrons. The van der Waals surface area contributed by atoms with Gasteiger partial charge < -0.3 is 51.4 Å². The van der Waals surface area contributed by atoms with Gasteiger partial charge in [0, 0.05) is 0 Å². The maximum Gasteiger partial charge on any atom is 0.249 e. The van der Waals surface area contributed by atoms with Crippen LogP contribution < -0.4 is 22.9 Å². The predicted octanol–water partition coefficient (Wildman–Crippen LogP) is -4.48. The lowest BCUT2D eigenvalue weighted by Gasteiger charge is -2.24. The van der Waals surface area contributed by atoms with Crippen molar-refractivity contribution < 1.29 is 47.6 Å². The van der Waals surface area contributed by atoms with Gasteiger partial charge in [0.05, 0.1) is 52.9 Å². The van der Waals surface area contributed by atoms with Crippen LogP contribution in [0.4, 0.5) is 0 Å². The number of hydrogen-bond donors (Lipinski definition) is 4. The lowest BCUT2D eigenvalue weighted by atomic mass is 10.2. The maximum atomic E-state index is 11.6. The van der Waals surface area contributed by atoms with E-state index in [0.717, 1.165) is 0 Å². The Hall–Kier alpha value is -2.36. The molecule has 0 aromatic carbocycles. The van der Waals surface area contributed by atoms with Gasteiger partial charge >= 0.3 is 0 Å². The van der Waals surface area contributed by atoms with Gasteiger partial charge in [0.2, 0.25) is 23.6 Å². The monoisotopic (exact) mass is 436 g/mol. The number of hydrogen-bond acceptors (Lipinski definition) is 10. The molecule has 0 aromatic rings. The number of carbonyl (C=O) groups is 4. The summed E-state index contributed by atoms with van der Waals surface area (Å²) in [6.45, 7) is -0.547. The molecule has 8 N–H and O–H groups in total. The molecule has 1 fully saturated rings. The molecule has 30 heavy (non-hydrogen) atoms. The number of ether oxygens (including phenoxy) is 6. The normalized spacial score (nSPS) is 28.5. The van der Waals surface area contributed by atoms with E-state index in [4.69, 9.17) is 51.4 Å². The van der Waals surface area contributed by atoms with Crippen molar-refractivity contribution >= 4 is 23.6 Å². The largest absolute Gasteiger partial charge is 0.377 e. The van der Waals surface area contributed by atoms with Crippen LogP contribution in [0, 0.1) is 0 Å². The first-order valence-electron chi connectivity index (χ1n) is 9.04. The third kappa shape index (κ3) is 8.98. The third-order valence-electron chi connectivity index (χ3n) is 3.77. The Morgan fingerprint density at radius 3 is 0.800 bits per heavy atom. The van der Waals surface area contributed by atoms with Crippen molar-refractivity contribution in [2.45, 2.75) is 24.4 Å². The van der Waals surface area contributed by atoms with Gasteiger partial charge in [0.15, 0.2) is 24.4 Å². The Labute approximate surface area is 172 Å². The molecule has 0 radical (unpaired) electrons. The third-order valence-corrected chi connectivity index (χ3v) is 3.77. The number of nitrogens with two attached hydrogens (primary N) is 4. The lowest BCUT2D eigenvalue weighted by molar-refractivity contribution is -0.161. The summed E-state index contributed by atoms with van der Waals surface area (Å²) in [5.74, 6) is -3.75. The van der Waals surface area contributed by atoms with Crippen molar-refractivity contribution in [1.82, 2.24) is 0 Å². The van der Waals surface area contributed by atoms with Gasteiger partial charge in [0.1, 0.15) is 0 Å². The van der Waals surface area contributed by atoms with Crippen molar-refractivity contribution in [1.29, 1.82) is 0 Å². The fraction of sp³-hybridized carbons (Fsp3) is 0.750. The Morgan fingerprint density at radius 2 is 0.633 bits per heavy atom. The van der Waals surface area contributed by atoms with Gasteiger partial charge in [-0.2, -0.15) is 0 Å². The van der Waals surface area contributed by atoms with Crippen LogP contribution in [-0.2, 0) is 47.6 Å². The van der Waals surface area contributed by atoms with Crippen molar-refractivity contribution in [3.05, 3.63) is 0 Å². The molecular weight excluding hydrogens is 408 g/mol. The molecule has 1 aliphatic rings. The maximum absolute atomic E-state index is 11.6. The summed E-state index contributed by atoms with van der Waals surface area (Å²) in [5, 5.41) is 0. The molecule has 14 nitrogen and oxygen atoms in total. The fourth-order valence-corrected chi connectivity index (χ4v) is 2.42. The zero-order valence-corrected chi connectivity index (χ0v) is 16.4.